The van der Waals surface area contributed by atoms with E-state index in [4.69, 9.17) is 14.9 Å². The van der Waals surface area contributed by atoms with Gasteiger partial charge in [0.1, 0.15) is 24.1 Å². The Balaban J connectivity index is 2.11. The first-order chi connectivity index (χ1) is 11.4. The molecule has 0 radical (unpaired) electrons. The van der Waals surface area contributed by atoms with Gasteiger partial charge in [0.25, 0.3) is 0 Å². The third kappa shape index (κ3) is 3.70. The van der Waals surface area contributed by atoms with Crippen molar-refractivity contribution in [2.45, 2.75) is 63.4 Å². The molecule has 4 N–H and O–H groups in total. The molecule has 24 heavy (non-hydrogen) atoms. The van der Waals surface area contributed by atoms with Crippen molar-refractivity contribution in [3.05, 3.63) is 22.7 Å². The number of nitrogen functional groups attached to an aromatic ring is 1. The third-order valence-corrected chi connectivity index (χ3v) is 9.59. The van der Waals surface area contributed by atoms with E-state index in [2.05, 4.69) is 25.8 Å². The van der Waals surface area contributed by atoms with Gasteiger partial charge in [-0.15, -0.1) is 0 Å². The maximum Gasteiger partial charge on any atom is 0.351 e. The number of aromatic nitrogens is 2. The minimum Gasteiger partial charge on any atom is -0.414 e. The zero-order chi connectivity index (χ0) is 17.9. The molecule has 1 aliphatic heterocycles. The van der Waals surface area contributed by atoms with Crippen LogP contribution in [0.1, 0.15) is 27.0 Å². The molecule has 2 rings (SSSR count). The summed E-state index contributed by atoms with van der Waals surface area (Å²) in [5.74, 6) is 0.0915. The maximum absolute atomic E-state index is 11.9. The minimum atomic E-state index is -1.83. The van der Waals surface area contributed by atoms with Crippen LogP contribution >= 0.6 is 0 Å². The zero-order valence-corrected chi connectivity index (χ0v) is 15.4. The maximum atomic E-state index is 11.9. The van der Waals surface area contributed by atoms with E-state index in [1.807, 2.05) is 0 Å². The highest BCUT2D eigenvalue weighted by Crippen LogP contribution is 2.30. The van der Waals surface area contributed by atoms with Gasteiger partial charge < -0.3 is 25.1 Å². The Morgan fingerprint density at radius 1 is 1.29 bits per heavy atom. The second kappa shape index (κ2) is 7.75. The molecule has 9 heteroatoms. The molecular weight excluding hydrogens is 330 g/mol. The lowest BCUT2D eigenvalue weighted by atomic mass is 10.1. The number of ether oxygens (including phenoxy) is 1. The van der Waals surface area contributed by atoms with Gasteiger partial charge in [-0.2, -0.15) is 4.98 Å². The van der Waals surface area contributed by atoms with Crippen molar-refractivity contribution in [1.82, 2.24) is 9.55 Å². The SMILES string of the molecule is CC[Si](CC)(CC)OCC1OC(n2ccc(N)nc2=O)C(O)C1O. The molecule has 1 fully saturated rings. The molecule has 2 heterocycles. The van der Waals surface area contributed by atoms with Crippen LogP contribution in [0.5, 0.6) is 0 Å². The first-order valence-electron chi connectivity index (χ1n) is 8.37. The number of hydrogen-bond acceptors (Lipinski definition) is 7. The molecule has 4 unspecified atom stereocenters. The van der Waals surface area contributed by atoms with Gasteiger partial charge in [-0.05, 0) is 24.2 Å². The first kappa shape index (κ1) is 19.1. The second-order valence-corrected chi connectivity index (χ2v) is 10.9. The highest BCUT2D eigenvalue weighted by molar-refractivity contribution is 6.73. The summed E-state index contributed by atoms with van der Waals surface area (Å²) in [6.45, 7) is 6.54. The fourth-order valence-corrected chi connectivity index (χ4v) is 5.66. The summed E-state index contributed by atoms with van der Waals surface area (Å²) >= 11 is 0. The quantitative estimate of drug-likeness (QED) is 0.607. The Kier molecular flexibility index (Phi) is 6.15. The van der Waals surface area contributed by atoms with Gasteiger partial charge in [0.05, 0.1) is 6.61 Å². The molecule has 0 aliphatic carbocycles. The molecule has 0 aromatic carbocycles. The average molecular weight is 357 g/mol. The van der Waals surface area contributed by atoms with Crippen LogP contribution in [-0.2, 0) is 9.16 Å². The van der Waals surface area contributed by atoms with Crippen molar-refractivity contribution in [3.63, 3.8) is 0 Å². The fourth-order valence-electron chi connectivity index (χ4n) is 3.03. The van der Waals surface area contributed by atoms with Gasteiger partial charge in [0, 0.05) is 6.20 Å². The van der Waals surface area contributed by atoms with Gasteiger partial charge in [0.15, 0.2) is 14.5 Å². The number of aliphatic hydroxyl groups excluding tert-OH is 2. The van der Waals surface area contributed by atoms with Crippen molar-refractivity contribution < 1.29 is 19.4 Å². The van der Waals surface area contributed by atoms with Crippen LogP contribution in [0, 0.1) is 0 Å². The van der Waals surface area contributed by atoms with E-state index in [9.17, 15) is 15.0 Å². The largest absolute Gasteiger partial charge is 0.414 e. The van der Waals surface area contributed by atoms with Crippen LogP contribution in [0.2, 0.25) is 18.1 Å². The summed E-state index contributed by atoms with van der Waals surface area (Å²) < 4.78 is 13.0. The van der Waals surface area contributed by atoms with E-state index in [1.54, 1.807) is 0 Å². The third-order valence-electron chi connectivity index (χ3n) is 4.95. The molecular formula is C15H27N3O5Si. The predicted molar refractivity (Wildman–Crippen MR) is 92.0 cm³/mol. The van der Waals surface area contributed by atoms with Crippen molar-refractivity contribution in [3.8, 4) is 0 Å². The smallest absolute Gasteiger partial charge is 0.351 e. The van der Waals surface area contributed by atoms with E-state index in [-0.39, 0.29) is 12.4 Å². The number of nitrogens with zero attached hydrogens (tertiary/aromatic N) is 2. The molecule has 1 aromatic rings. The van der Waals surface area contributed by atoms with E-state index in [0.717, 1.165) is 22.7 Å². The Morgan fingerprint density at radius 2 is 1.92 bits per heavy atom. The summed E-state index contributed by atoms with van der Waals surface area (Å²) in [6, 6.07) is 4.39. The summed E-state index contributed by atoms with van der Waals surface area (Å²) in [5.41, 5.74) is 4.83. The van der Waals surface area contributed by atoms with Crippen molar-refractivity contribution in [1.29, 1.82) is 0 Å². The lowest BCUT2D eigenvalue weighted by molar-refractivity contribution is -0.0528. The van der Waals surface area contributed by atoms with Crippen molar-refractivity contribution in [2.75, 3.05) is 12.3 Å². The van der Waals surface area contributed by atoms with Gasteiger partial charge in [-0.1, -0.05) is 20.8 Å². The van der Waals surface area contributed by atoms with Crippen LogP contribution in [-0.4, -0.2) is 53.0 Å². The van der Waals surface area contributed by atoms with E-state index >= 15 is 0 Å². The van der Waals surface area contributed by atoms with Crippen molar-refractivity contribution >= 4 is 14.1 Å². The van der Waals surface area contributed by atoms with E-state index < -0.39 is 38.5 Å². The normalized spacial score (nSPS) is 27.5. The molecule has 0 spiro atoms. The van der Waals surface area contributed by atoms with Crippen LogP contribution in [0.3, 0.4) is 0 Å². The number of anilines is 1. The first-order valence-corrected chi connectivity index (χ1v) is 10.9. The van der Waals surface area contributed by atoms with Gasteiger partial charge in [0.2, 0.25) is 0 Å². The topological polar surface area (TPSA) is 120 Å². The second-order valence-electron chi connectivity index (χ2n) is 6.14. The van der Waals surface area contributed by atoms with Crippen LogP contribution in [0.15, 0.2) is 17.1 Å². The molecule has 136 valence electrons. The Bertz CT molecular complexity index is 599. The standard InChI is InChI=1S/C15H27N3O5Si/c1-4-24(5-2,6-3)22-9-10-12(19)13(20)14(23-10)18-8-7-11(16)17-15(18)21/h7-8,10,12-14,19-20H,4-6,9H2,1-3H3,(H2,16,17,21). The molecule has 1 aliphatic rings. The Hall–Kier alpha value is -1.26. The fraction of sp³-hybridized carbons (Fsp3) is 0.733. The van der Waals surface area contributed by atoms with Gasteiger partial charge in [-0.25, -0.2) is 4.79 Å². The average Bonchev–Trinajstić information content (AvgIpc) is 2.85. The monoisotopic (exact) mass is 357 g/mol. The summed E-state index contributed by atoms with van der Waals surface area (Å²) in [6.07, 6.45) is -2.65. The van der Waals surface area contributed by atoms with E-state index in [0.29, 0.717) is 0 Å². The lowest BCUT2D eigenvalue weighted by Gasteiger charge is -2.30. The molecule has 4 atom stereocenters. The number of rotatable bonds is 7. The predicted octanol–water partition coefficient (Wildman–Crippen LogP) is 0.466. The van der Waals surface area contributed by atoms with E-state index in [1.165, 1.54) is 12.3 Å². The molecule has 0 saturated carbocycles. The van der Waals surface area contributed by atoms with Crippen LogP contribution in [0.25, 0.3) is 0 Å². The van der Waals surface area contributed by atoms with Crippen molar-refractivity contribution in [2.24, 2.45) is 0 Å². The molecule has 0 bridgehead atoms. The summed E-state index contributed by atoms with van der Waals surface area (Å²) in [7, 11) is -1.83. The highest BCUT2D eigenvalue weighted by Gasteiger charge is 2.45. The van der Waals surface area contributed by atoms with Gasteiger partial charge in [-0.3, -0.25) is 4.57 Å². The highest BCUT2D eigenvalue weighted by atomic mass is 28.4. The summed E-state index contributed by atoms with van der Waals surface area (Å²) in [4.78, 5) is 15.5. The lowest BCUT2D eigenvalue weighted by Crippen LogP contribution is -2.41. The minimum absolute atomic E-state index is 0.0915. The number of nitrogens with two attached hydrogens (primary N) is 1. The van der Waals surface area contributed by atoms with Gasteiger partial charge >= 0.3 is 5.69 Å². The molecule has 0 amide bonds. The Labute approximate surface area is 142 Å². The number of aliphatic hydroxyl groups is 2. The van der Waals surface area contributed by atoms with Crippen LogP contribution in [0.4, 0.5) is 5.82 Å². The van der Waals surface area contributed by atoms with Crippen LogP contribution < -0.4 is 11.4 Å². The molecule has 8 nitrogen and oxygen atoms in total. The zero-order valence-electron chi connectivity index (χ0n) is 14.4. The molecule has 1 aromatic heterocycles. The number of hydrogen-bond donors (Lipinski definition) is 3. The summed E-state index contributed by atoms with van der Waals surface area (Å²) in [5, 5.41) is 20.5. The Morgan fingerprint density at radius 3 is 2.46 bits per heavy atom. The molecule has 1 saturated heterocycles.